The van der Waals surface area contributed by atoms with Gasteiger partial charge in [-0.25, -0.2) is 13.1 Å². The van der Waals surface area contributed by atoms with E-state index in [1.807, 2.05) is 0 Å². The van der Waals surface area contributed by atoms with Crippen LogP contribution in [0.3, 0.4) is 0 Å². The van der Waals surface area contributed by atoms with Gasteiger partial charge in [0.25, 0.3) is 0 Å². The zero-order chi connectivity index (χ0) is 12.8. The van der Waals surface area contributed by atoms with Crippen LogP contribution in [0.25, 0.3) is 0 Å². The van der Waals surface area contributed by atoms with E-state index in [4.69, 9.17) is 4.84 Å². The lowest BCUT2D eigenvalue weighted by atomic mass is 9.80. The van der Waals surface area contributed by atoms with Crippen LogP contribution in [0.5, 0.6) is 0 Å². The Hall–Kier alpha value is -0.620. The predicted octanol–water partition coefficient (Wildman–Crippen LogP) is 1.12. The highest BCUT2D eigenvalue weighted by Gasteiger charge is 2.48. The molecule has 5 nitrogen and oxygen atoms in total. The second-order valence-electron chi connectivity index (χ2n) is 5.97. The summed E-state index contributed by atoms with van der Waals surface area (Å²) in [6, 6.07) is -0.0736. The Labute approximate surface area is 103 Å². The minimum absolute atomic E-state index is 0.0449. The largest absolute Gasteiger partial charge is 0.392 e. The lowest BCUT2D eigenvalue weighted by Crippen LogP contribution is -2.44. The van der Waals surface area contributed by atoms with Crippen LogP contribution < -0.4 is 4.72 Å². The predicted molar refractivity (Wildman–Crippen MR) is 66.3 cm³/mol. The molecule has 3 atom stereocenters. The van der Waals surface area contributed by atoms with Crippen molar-refractivity contribution in [1.29, 1.82) is 0 Å². The summed E-state index contributed by atoms with van der Waals surface area (Å²) in [7, 11) is -3.18. The first-order valence-corrected chi connectivity index (χ1v) is 7.79. The maximum absolute atomic E-state index is 11.3. The van der Waals surface area contributed by atoms with E-state index in [1.54, 1.807) is 0 Å². The van der Waals surface area contributed by atoms with Crippen LogP contribution in [0.15, 0.2) is 5.16 Å². The smallest absolute Gasteiger partial charge is 0.208 e. The highest BCUT2D eigenvalue weighted by Crippen LogP contribution is 2.40. The highest BCUT2D eigenvalue weighted by molar-refractivity contribution is 7.88. The van der Waals surface area contributed by atoms with Gasteiger partial charge in [0.1, 0.15) is 6.10 Å². The molecule has 0 aromatic rings. The van der Waals surface area contributed by atoms with Crippen LogP contribution in [-0.2, 0) is 14.9 Å². The van der Waals surface area contributed by atoms with E-state index in [0.717, 1.165) is 18.6 Å². The van der Waals surface area contributed by atoms with Crippen molar-refractivity contribution in [3.8, 4) is 0 Å². The molecular weight excluding hydrogens is 240 g/mol. The molecule has 2 rings (SSSR count). The van der Waals surface area contributed by atoms with E-state index in [9.17, 15) is 8.42 Å². The molecule has 0 spiro atoms. The maximum atomic E-state index is 11.3. The molecule has 98 valence electrons. The van der Waals surface area contributed by atoms with Gasteiger partial charge in [0, 0.05) is 11.5 Å². The third-order valence-electron chi connectivity index (χ3n) is 3.33. The fourth-order valence-corrected chi connectivity index (χ4v) is 3.49. The molecule has 6 heteroatoms. The third-order valence-corrected chi connectivity index (χ3v) is 4.06. The Morgan fingerprint density at radius 1 is 1.35 bits per heavy atom. The van der Waals surface area contributed by atoms with Crippen LogP contribution in [0.2, 0.25) is 0 Å². The van der Waals surface area contributed by atoms with Gasteiger partial charge in [0.15, 0.2) is 0 Å². The minimum Gasteiger partial charge on any atom is -0.392 e. The summed E-state index contributed by atoms with van der Waals surface area (Å²) in [5.74, 6) is 0.0877. The van der Waals surface area contributed by atoms with Gasteiger partial charge in [-0.3, -0.25) is 0 Å². The summed E-state index contributed by atoms with van der Waals surface area (Å²) in [6.45, 7) is 6.23. The average molecular weight is 260 g/mol. The monoisotopic (exact) mass is 260 g/mol. The van der Waals surface area contributed by atoms with Gasteiger partial charge in [0.05, 0.1) is 17.9 Å². The molecule has 17 heavy (non-hydrogen) atoms. The Morgan fingerprint density at radius 3 is 2.53 bits per heavy atom. The first-order valence-electron chi connectivity index (χ1n) is 5.90. The first-order chi connectivity index (χ1) is 7.68. The van der Waals surface area contributed by atoms with Crippen molar-refractivity contribution in [1.82, 2.24) is 4.72 Å². The summed E-state index contributed by atoms with van der Waals surface area (Å²) < 4.78 is 25.4. The molecule has 0 radical (unpaired) electrons. The van der Waals surface area contributed by atoms with Crippen molar-refractivity contribution in [3.05, 3.63) is 0 Å². The van der Waals surface area contributed by atoms with E-state index in [2.05, 4.69) is 30.6 Å². The molecule has 1 saturated carbocycles. The Bertz CT molecular complexity index is 436. The molecule has 0 aromatic carbocycles. The quantitative estimate of drug-likeness (QED) is 0.809. The second kappa shape index (κ2) is 3.95. The van der Waals surface area contributed by atoms with Gasteiger partial charge in [-0.05, 0) is 12.8 Å². The van der Waals surface area contributed by atoms with E-state index in [1.165, 1.54) is 6.26 Å². The third kappa shape index (κ3) is 2.63. The number of hydrogen-bond acceptors (Lipinski definition) is 4. The van der Waals surface area contributed by atoms with Crippen LogP contribution in [0.1, 0.15) is 33.6 Å². The van der Waals surface area contributed by atoms with Crippen molar-refractivity contribution < 1.29 is 13.3 Å². The van der Waals surface area contributed by atoms with Crippen LogP contribution in [-0.4, -0.2) is 32.5 Å². The van der Waals surface area contributed by atoms with E-state index in [-0.39, 0.29) is 23.5 Å². The van der Waals surface area contributed by atoms with Crippen LogP contribution in [0.4, 0.5) is 0 Å². The standard InChI is InChI=1S/C11H20N2O3S/c1-11(2,3)10-9-7(13-17(4,14)15)5-6-8(9)16-12-10/h7-9,13H,5-6H2,1-4H3/t7-,8-,9+/m0/s1. The number of nitrogens with one attached hydrogen (secondary N) is 1. The molecule has 1 aliphatic carbocycles. The number of fused-ring (bicyclic) bond motifs is 1. The molecule has 2 aliphatic rings. The molecule has 1 aliphatic heterocycles. The molecule has 1 N–H and O–H groups in total. The van der Waals surface area contributed by atoms with Crippen molar-refractivity contribution in [2.75, 3.05) is 6.26 Å². The summed E-state index contributed by atoms with van der Waals surface area (Å²) in [5.41, 5.74) is 0.891. The van der Waals surface area contributed by atoms with Gasteiger partial charge in [-0.2, -0.15) is 0 Å². The molecule has 1 fully saturated rings. The van der Waals surface area contributed by atoms with E-state index < -0.39 is 10.0 Å². The minimum atomic E-state index is -3.18. The molecular formula is C11H20N2O3S. The zero-order valence-electron chi connectivity index (χ0n) is 10.7. The summed E-state index contributed by atoms with van der Waals surface area (Å²) in [6.07, 6.45) is 2.92. The van der Waals surface area contributed by atoms with Crippen LogP contribution in [0, 0.1) is 11.3 Å². The highest BCUT2D eigenvalue weighted by atomic mass is 32.2. The number of sulfonamides is 1. The van der Waals surface area contributed by atoms with Crippen molar-refractivity contribution in [2.24, 2.45) is 16.5 Å². The van der Waals surface area contributed by atoms with Gasteiger partial charge in [-0.15, -0.1) is 0 Å². The Morgan fingerprint density at radius 2 is 2.00 bits per heavy atom. The van der Waals surface area contributed by atoms with Gasteiger partial charge >= 0.3 is 0 Å². The summed E-state index contributed by atoms with van der Waals surface area (Å²) >= 11 is 0. The molecule has 1 heterocycles. The van der Waals surface area contributed by atoms with Crippen molar-refractivity contribution >= 4 is 15.7 Å². The molecule has 0 saturated heterocycles. The summed E-state index contributed by atoms with van der Waals surface area (Å²) in [5, 5.41) is 4.15. The topological polar surface area (TPSA) is 67.8 Å². The first kappa shape index (κ1) is 12.8. The van der Waals surface area contributed by atoms with E-state index >= 15 is 0 Å². The lowest BCUT2D eigenvalue weighted by molar-refractivity contribution is 0.0731. The fourth-order valence-electron chi connectivity index (χ4n) is 2.68. The summed E-state index contributed by atoms with van der Waals surface area (Å²) in [4.78, 5) is 5.41. The fraction of sp³-hybridized carbons (Fsp3) is 0.909. The number of oxime groups is 1. The molecule has 0 unspecified atom stereocenters. The number of nitrogens with zero attached hydrogens (tertiary/aromatic N) is 1. The SMILES string of the molecule is CC(C)(C)C1=NO[C@H]2CC[C@H](NS(C)(=O)=O)[C@@H]12. The van der Waals surface area contributed by atoms with Gasteiger partial charge < -0.3 is 4.84 Å². The number of rotatable bonds is 2. The van der Waals surface area contributed by atoms with Crippen molar-refractivity contribution in [2.45, 2.75) is 45.8 Å². The second-order valence-corrected chi connectivity index (χ2v) is 7.75. The lowest BCUT2D eigenvalue weighted by Gasteiger charge is -2.26. The maximum Gasteiger partial charge on any atom is 0.208 e. The zero-order valence-corrected chi connectivity index (χ0v) is 11.5. The normalized spacial score (nSPS) is 33.2. The van der Waals surface area contributed by atoms with Crippen LogP contribution >= 0.6 is 0 Å². The molecule has 0 bridgehead atoms. The van der Waals surface area contributed by atoms with Gasteiger partial charge in [0.2, 0.25) is 10.0 Å². The van der Waals surface area contributed by atoms with E-state index in [0.29, 0.717) is 0 Å². The van der Waals surface area contributed by atoms with Gasteiger partial charge in [-0.1, -0.05) is 25.9 Å². The molecule has 0 amide bonds. The Kier molecular flexibility index (Phi) is 2.98. The molecule has 0 aromatic heterocycles. The number of hydrogen-bond donors (Lipinski definition) is 1. The van der Waals surface area contributed by atoms with Crippen molar-refractivity contribution in [3.63, 3.8) is 0 Å². The Balaban J connectivity index is 2.21. The average Bonchev–Trinajstić information content (AvgIpc) is 2.63.